The van der Waals surface area contributed by atoms with E-state index >= 15 is 0 Å². The molecule has 0 spiro atoms. The molecule has 1 unspecified atom stereocenters. The average Bonchev–Trinajstić information content (AvgIpc) is 2.37. The van der Waals surface area contributed by atoms with Gasteiger partial charge in [0.2, 0.25) is 5.91 Å². The lowest BCUT2D eigenvalue weighted by atomic mass is 10.0. The quantitative estimate of drug-likeness (QED) is 0.720. The van der Waals surface area contributed by atoms with Gasteiger partial charge in [0, 0.05) is 37.6 Å². The van der Waals surface area contributed by atoms with E-state index in [2.05, 4.69) is 24.1 Å². The minimum Gasteiger partial charge on any atom is -0.379 e. The van der Waals surface area contributed by atoms with Crippen LogP contribution in [-0.2, 0) is 9.53 Å². The predicted molar refractivity (Wildman–Crippen MR) is 72.4 cm³/mol. The van der Waals surface area contributed by atoms with Crippen molar-refractivity contribution in [2.75, 3.05) is 32.8 Å². The van der Waals surface area contributed by atoms with Crippen molar-refractivity contribution in [3.8, 4) is 0 Å². The fraction of sp³-hybridized carbons (Fsp3) is 0.923. The van der Waals surface area contributed by atoms with Gasteiger partial charge in [-0.2, -0.15) is 0 Å². The molecule has 1 fully saturated rings. The molecule has 1 aliphatic heterocycles. The van der Waals surface area contributed by atoms with Crippen LogP contribution in [-0.4, -0.2) is 55.2 Å². The summed E-state index contributed by atoms with van der Waals surface area (Å²) in [5.74, 6) is 0.0469. The third-order valence-electron chi connectivity index (χ3n) is 3.56. The van der Waals surface area contributed by atoms with E-state index < -0.39 is 0 Å². The van der Waals surface area contributed by atoms with Crippen LogP contribution in [0.5, 0.6) is 0 Å². The van der Waals surface area contributed by atoms with Crippen molar-refractivity contribution in [1.29, 1.82) is 0 Å². The van der Waals surface area contributed by atoms with Crippen molar-refractivity contribution >= 4 is 5.91 Å². The van der Waals surface area contributed by atoms with Crippen LogP contribution >= 0.6 is 0 Å². The molecule has 0 aromatic rings. The molecule has 1 rings (SSSR count). The highest BCUT2D eigenvalue weighted by Gasteiger charge is 2.28. The van der Waals surface area contributed by atoms with Gasteiger partial charge in [-0.15, -0.1) is 0 Å². The van der Waals surface area contributed by atoms with Crippen molar-refractivity contribution in [3.63, 3.8) is 0 Å². The Balaban J connectivity index is 2.33. The van der Waals surface area contributed by atoms with E-state index in [1.54, 1.807) is 0 Å². The Morgan fingerprint density at radius 3 is 2.61 bits per heavy atom. The van der Waals surface area contributed by atoms with Crippen molar-refractivity contribution in [3.05, 3.63) is 0 Å². The van der Waals surface area contributed by atoms with Gasteiger partial charge in [-0.1, -0.05) is 6.92 Å². The number of rotatable bonds is 6. The maximum Gasteiger partial charge on any atom is 0.221 e. The van der Waals surface area contributed by atoms with Gasteiger partial charge in [0.05, 0.1) is 13.2 Å². The number of hydrogen-bond acceptors (Lipinski definition) is 4. The summed E-state index contributed by atoms with van der Waals surface area (Å²) in [6, 6.07) is -0.0310. The Hall–Kier alpha value is -0.650. The number of morpholine rings is 1. The molecule has 1 heterocycles. The van der Waals surface area contributed by atoms with Crippen LogP contribution in [0.15, 0.2) is 0 Å². The van der Waals surface area contributed by atoms with Gasteiger partial charge in [0.15, 0.2) is 0 Å². The molecule has 0 radical (unpaired) electrons. The lowest BCUT2D eigenvalue weighted by Crippen LogP contribution is -2.55. The van der Waals surface area contributed by atoms with E-state index in [1.165, 1.54) is 0 Å². The van der Waals surface area contributed by atoms with E-state index in [-0.39, 0.29) is 17.5 Å². The molecule has 0 bridgehead atoms. The molecule has 1 amide bonds. The van der Waals surface area contributed by atoms with Crippen LogP contribution in [0.1, 0.15) is 33.6 Å². The number of hydrogen-bond donors (Lipinski definition) is 2. The number of carbonyl (C=O) groups excluding carboxylic acids is 1. The first-order valence-electron chi connectivity index (χ1n) is 6.81. The molecule has 1 atom stereocenters. The molecule has 18 heavy (non-hydrogen) atoms. The highest BCUT2D eigenvalue weighted by atomic mass is 16.5. The second-order valence-electron chi connectivity index (χ2n) is 5.56. The smallest absolute Gasteiger partial charge is 0.221 e. The molecule has 0 saturated carbocycles. The number of carbonyl (C=O) groups is 1. The fourth-order valence-electron chi connectivity index (χ4n) is 2.05. The molecule has 1 aliphatic rings. The molecular weight excluding hydrogens is 230 g/mol. The average molecular weight is 257 g/mol. The highest BCUT2D eigenvalue weighted by molar-refractivity contribution is 5.76. The van der Waals surface area contributed by atoms with Crippen molar-refractivity contribution in [2.45, 2.75) is 45.2 Å². The summed E-state index contributed by atoms with van der Waals surface area (Å²) in [4.78, 5) is 14.1. The van der Waals surface area contributed by atoms with Crippen molar-refractivity contribution in [2.24, 2.45) is 5.73 Å². The molecule has 0 aromatic heterocycles. The lowest BCUT2D eigenvalue weighted by Gasteiger charge is -2.40. The summed E-state index contributed by atoms with van der Waals surface area (Å²) in [5.41, 5.74) is 5.74. The molecule has 1 saturated heterocycles. The Kier molecular flexibility index (Phi) is 6.05. The van der Waals surface area contributed by atoms with E-state index in [0.29, 0.717) is 13.0 Å². The topological polar surface area (TPSA) is 67.6 Å². The maximum atomic E-state index is 11.7. The number of nitrogens with one attached hydrogen (secondary N) is 1. The first-order valence-corrected chi connectivity index (χ1v) is 6.81. The standard InChI is InChI=1S/C13H27N3O2/c1-4-11(14)9-12(17)15-10-13(2,3)16-5-7-18-8-6-16/h11H,4-10,14H2,1-3H3,(H,15,17). The number of amides is 1. The van der Waals surface area contributed by atoms with Crippen LogP contribution < -0.4 is 11.1 Å². The van der Waals surface area contributed by atoms with Gasteiger partial charge in [0.1, 0.15) is 0 Å². The number of nitrogens with two attached hydrogens (primary N) is 1. The fourth-order valence-corrected chi connectivity index (χ4v) is 2.05. The summed E-state index contributed by atoms with van der Waals surface area (Å²) in [6.45, 7) is 10.4. The largest absolute Gasteiger partial charge is 0.379 e. The number of nitrogens with zero attached hydrogens (tertiary/aromatic N) is 1. The van der Waals surface area contributed by atoms with Crippen molar-refractivity contribution in [1.82, 2.24) is 10.2 Å². The van der Waals surface area contributed by atoms with Crippen LogP contribution in [0.25, 0.3) is 0 Å². The van der Waals surface area contributed by atoms with Crippen molar-refractivity contribution < 1.29 is 9.53 Å². The van der Waals surface area contributed by atoms with Gasteiger partial charge in [0.25, 0.3) is 0 Å². The van der Waals surface area contributed by atoms with Crippen LogP contribution in [0, 0.1) is 0 Å². The van der Waals surface area contributed by atoms with Gasteiger partial charge in [-0.05, 0) is 20.3 Å². The SMILES string of the molecule is CCC(N)CC(=O)NCC(C)(C)N1CCOCC1. The van der Waals surface area contributed by atoms with Gasteiger partial charge in [-0.25, -0.2) is 0 Å². The Morgan fingerprint density at radius 1 is 1.44 bits per heavy atom. The van der Waals surface area contributed by atoms with Crippen LogP contribution in [0.2, 0.25) is 0 Å². The van der Waals surface area contributed by atoms with Gasteiger partial charge >= 0.3 is 0 Å². The zero-order valence-corrected chi connectivity index (χ0v) is 11.9. The minimum atomic E-state index is -0.0320. The third-order valence-corrected chi connectivity index (χ3v) is 3.56. The second kappa shape index (κ2) is 7.07. The molecule has 0 aliphatic carbocycles. The summed E-state index contributed by atoms with van der Waals surface area (Å²) in [6.07, 6.45) is 1.25. The summed E-state index contributed by atoms with van der Waals surface area (Å²) in [7, 11) is 0. The molecule has 106 valence electrons. The summed E-state index contributed by atoms with van der Waals surface area (Å²) >= 11 is 0. The van der Waals surface area contributed by atoms with Crippen LogP contribution in [0.4, 0.5) is 0 Å². The predicted octanol–water partition coefficient (Wildman–Crippen LogP) is 0.341. The molecule has 5 heteroatoms. The normalized spacial score (nSPS) is 19.6. The molecule has 3 N–H and O–H groups in total. The summed E-state index contributed by atoms with van der Waals surface area (Å²) in [5, 5.41) is 2.98. The zero-order valence-electron chi connectivity index (χ0n) is 11.9. The maximum absolute atomic E-state index is 11.7. The Labute approximate surface area is 110 Å². The zero-order chi connectivity index (χ0) is 13.6. The van der Waals surface area contributed by atoms with Gasteiger partial charge in [-0.3, -0.25) is 9.69 Å². The monoisotopic (exact) mass is 257 g/mol. The minimum absolute atomic E-state index is 0.0310. The van der Waals surface area contributed by atoms with E-state index in [9.17, 15) is 4.79 Å². The second-order valence-corrected chi connectivity index (χ2v) is 5.56. The number of ether oxygens (including phenoxy) is 1. The Morgan fingerprint density at radius 2 is 2.06 bits per heavy atom. The van der Waals surface area contributed by atoms with E-state index in [0.717, 1.165) is 32.7 Å². The van der Waals surface area contributed by atoms with Crippen LogP contribution in [0.3, 0.4) is 0 Å². The molecule has 5 nitrogen and oxygen atoms in total. The van der Waals surface area contributed by atoms with E-state index in [1.807, 2.05) is 6.92 Å². The molecular formula is C13H27N3O2. The first kappa shape index (κ1) is 15.4. The Bertz CT molecular complexity index is 263. The summed E-state index contributed by atoms with van der Waals surface area (Å²) < 4.78 is 5.34. The first-order chi connectivity index (χ1) is 8.45. The lowest BCUT2D eigenvalue weighted by molar-refractivity contribution is -0.122. The van der Waals surface area contributed by atoms with E-state index in [4.69, 9.17) is 10.5 Å². The third kappa shape index (κ3) is 4.92. The van der Waals surface area contributed by atoms with Gasteiger partial charge < -0.3 is 15.8 Å². The highest BCUT2D eigenvalue weighted by Crippen LogP contribution is 2.15. The molecule has 0 aromatic carbocycles.